The van der Waals surface area contributed by atoms with Crippen molar-refractivity contribution in [3.8, 4) is 17.1 Å². The van der Waals surface area contributed by atoms with Crippen LogP contribution in [-0.4, -0.2) is 24.7 Å². The highest BCUT2D eigenvalue weighted by molar-refractivity contribution is 5.68. The third-order valence-electron chi connectivity index (χ3n) is 2.57. The molecule has 0 saturated heterocycles. The van der Waals surface area contributed by atoms with E-state index in [1.165, 1.54) is 0 Å². The van der Waals surface area contributed by atoms with E-state index in [0.717, 1.165) is 11.3 Å². The average Bonchev–Trinajstić information content (AvgIpc) is 2.91. The minimum absolute atomic E-state index is 0.0952. The molecule has 3 aromatic rings. The van der Waals surface area contributed by atoms with E-state index in [1.54, 1.807) is 10.9 Å². The molecule has 7 heteroatoms. The van der Waals surface area contributed by atoms with Crippen LogP contribution in [0.5, 0.6) is 0 Å². The molecule has 0 aliphatic rings. The molecular weight excluding hydrogens is 242 g/mol. The van der Waals surface area contributed by atoms with Crippen LogP contribution in [0.3, 0.4) is 0 Å². The van der Waals surface area contributed by atoms with Crippen LogP contribution in [-0.2, 0) is 0 Å². The number of rotatable bonds is 2. The summed E-state index contributed by atoms with van der Waals surface area (Å²) in [6.07, 6.45) is 3.54. The van der Waals surface area contributed by atoms with Gasteiger partial charge in [-0.05, 0) is 18.2 Å². The number of benzene rings is 1. The third-order valence-corrected chi connectivity index (χ3v) is 2.57. The van der Waals surface area contributed by atoms with Gasteiger partial charge in [0.05, 0.1) is 5.69 Å². The molecule has 2 aromatic heterocycles. The van der Waals surface area contributed by atoms with Crippen LogP contribution in [0, 0.1) is 0 Å². The largest absolute Gasteiger partial charge is 0.368 e. The summed E-state index contributed by atoms with van der Waals surface area (Å²) in [7, 11) is 0. The fourth-order valence-electron chi connectivity index (χ4n) is 1.80. The lowest BCUT2D eigenvalue weighted by Gasteiger charge is -2.08. The molecule has 0 amide bonds. The second kappa shape index (κ2) is 4.37. The molecule has 19 heavy (non-hydrogen) atoms. The molecule has 0 fully saturated rings. The first kappa shape index (κ1) is 11.1. The molecule has 4 N–H and O–H groups in total. The Balaban J connectivity index is 2.20. The topological polar surface area (TPSA) is 109 Å². The Morgan fingerprint density at radius 2 is 1.63 bits per heavy atom. The molecule has 0 aliphatic heterocycles. The Morgan fingerprint density at radius 1 is 0.895 bits per heavy atom. The van der Waals surface area contributed by atoms with Crippen molar-refractivity contribution < 1.29 is 0 Å². The SMILES string of the molecule is Nc1nc(N)nc(-c2ccccc2-n2cccn2)n1. The Hall–Kier alpha value is -2.96. The number of nitrogens with two attached hydrogens (primary N) is 2. The van der Waals surface area contributed by atoms with Crippen molar-refractivity contribution in [3.05, 3.63) is 42.7 Å². The maximum Gasteiger partial charge on any atom is 0.225 e. The van der Waals surface area contributed by atoms with Crippen LogP contribution >= 0.6 is 0 Å². The van der Waals surface area contributed by atoms with Gasteiger partial charge in [0.15, 0.2) is 5.82 Å². The van der Waals surface area contributed by atoms with Crippen molar-refractivity contribution in [2.75, 3.05) is 11.5 Å². The van der Waals surface area contributed by atoms with Crippen molar-refractivity contribution in [2.24, 2.45) is 0 Å². The lowest BCUT2D eigenvalue weighted by Crippen LogP contribution is -2.06. The van der Waals surface area contributed by atoms with E-state index in [1.807, 2.05) is 36.5 Å². The first-order chi connectivity index (χ1) is 9.24. The van der Waals surface area contributed by atoms with Gasteiger partial charge >= 0.3 is 0 Å². The molecule has 1 aromatic carbocycles. The first-order valence-corrected chi connectivity index (χ1v) is 5.60. The summed E-state index contributed by atoms with van der Waals surface area (Å²) < 4.78 is 1.73. The third kappa shape index (κ3) is 2.08. The number of para-hydroxylation sites is 1. The molecule has 0 unspecified atom stereocenters. The van der Waals surface area contributed by atoms with Gasteiger partial charge in [-0.15, -0.1) is 0 Å². The van der Waals surface area contributed by atoms with Crippen molar-refractivity contribution in [1.82, 2.24) is 24.7 Å². The van der Waals surface area contributed by atoms with Gasteiger partial charge in [-0.1, -0.05) is 12.1 Å². The van der Waals surface area contributed by atoms with Crippen LogP contribution in [0.25, 0.3) is 17.1 Å². The molecule has 94 valence electrons. The molecule has 0 atom stereocenters. The maximum absolute atomic E-state index is 5.60. The van der Waals surface area contributed by atoms with Crippen LogP contribution in [0.1, 0.15) is 0 Å². The van der Waals surface area contributed by atoms with Gasteiger partial charge in [0.25, 0.3) is 0 Å². The maximum atomic E-state index is 5.60. The monoisotopic (exact) mass is 253 g/mol. The van der Waals surface area contributed by atoms with E-state index in [0.29, 0.717) is 5.82 Å². The average molecular weight is 253 g/mol. The molecule has 0 radical (unpaired) electrons. The molecule has 0 saturated carbocycles. The summed E-state index contributed by atoms with van der Waals surface area (Å²) in [4.78, 5) is 12.0. The Labute approximate surface area is 108 Å². The van der Waals surface area contributed by atoms with Gasteiger partial charge in [-0.2, -0.15) is 20.1 Å². The van der Waals surface area contributed by atoms with Crippen molar-refractivity contribution in [1.29, 1.82) is 0 Å². The summed E-state index contributed by atoms with van der Waals surface area (Å²) in [5.41, 5.74) is 12.8. The summed E-state index contributed by atoms with van der Waals surface area (Å²) >= 11 is 0. The van der Waals surface area contributed by atoms with Gasteiger partial charge in [0.2, 0.25) is 11.9 Å². The second-order valence-electron chi connectivity index (χ2n) is 3.84. The summed E-state index contributed by atoms with van der Waals surface area (Å²) in [5.74, 6) is 0.617. The fraction of sp³-hybridized carbons (Fsp3) is 0. The molecular formula is C12H11N7. The van der Waals surface area contributed by atoms with Crippen LogP contribution in [0.4, 0.5) is 11.9 Å². The van der Waals surface area contributed by atoms with Crippen LogP contribution < -0.4 is 11.5 Å². The molecule has 7 nitrogen and oxygen atoms in total. The van der Waals surface area contributed by atoms with Gasteiger partial charge in [-0.3, -0.25) is 0 Å². The first-order valence-electron chi connectivity index (χ1n) is 5.60. The van der Waals surface area contributed by atoms with Crippen molar-refractivity contribution >= 4 is 11.9 Å². The van der Waals surface area contributed by atoms with E-state index < -0.39 is 0 Å². The smallest absolute Gasteiger partial charge is 0.225 e. The number of anilines is 2. The summed E-state index contributed by atoms with van der Waals surface area (Å²) in [6, 6.07) is 9.43. The van der Waals surface area contributed by atoms with E-state index in [2.05, 4.69) is 20.1 Å². The Morgan fingerprint density at radius 3 is 2.32 bits per heavy atom. The van der Waals surface area contributed by atoms with E-state index in [-0.39, 0.29) is 11.9 Å². The Bertz CT molecular complexity index is 686. The molecule has 0 spiro atoms. The number of hydrogen-bond acceptors (Lipinski definition) is 6. The van der Waals surface area contributed by atoms with Gasteiger partial charge in [-0.25, -0.2) is 4.68 Å². The minimum Gasteiger partial charge on any atom is -0.368 e. The normalized spacial score (nSPS) is 10.5. The van der Waals surface area contributed by atoms with Gasteiger partial charge in [0, 0.05) is 18.0 Å². The molecule has 0 aliphatic carbocycles. The predicted molar refractivity (Wildman–Crippen MR) is 71.2 cm³/mol. The number of nitrogens with zero attached hydrogens (tertiary/aromatic N) is 5. The molecule has 3 rings (SSSR count). The van der Waals surface area contributed by atoms with Crippen molar-refractivity contribution in [2.45, 2.75) is 0 Å². The highest BCUT2D eigenvalue weighted by Gasteiger charge is 2.11. The number of aromatic nitrogens is 5. The van der Waals surface area contributed by atoms with E-state index >= 15 is 0 Å². The fourth-order valence-corrected chi connectivity index (χ4v) is 1.80. The number of nitrogen functional groups attached to an aromatic ring is 2. The van der Waals surface area contributed by atoms with Gasteiger partial charge < -0.3 is 11.5 Å². The lowest BCUT2D eigenvalue weighted by molar-refractivity contribution is 0.879. The number of hydrogen-bond donors (Lipinski definition) is 2. The van der Waals surface area contributed by atoms with Crippen LogP contribution in [0.15, 0.2) is 42.7 Å². The predicted octanol–water partition coefficient (Wildman–Crippen LogP) is 0.889. The quantitative estimate of drug-likeness (QED) is 0.702. The lowest BCUT2D eigenvalue weighted by atomic mass is 10.1. The zero-order valence-corrected chi connectivity index (χ0v) is 9.93. The molecule has 0 bridgehead atoms. The van der Waals surface area contributed by atoms with Crippen molar-refractivity contribution in [3.63, 3.8) is 0 Å². The summed E-state index contributed by atoms with van der Waals surface area (Å²) in [5, 5.41) is 4.20. The van der Waals surface area contributed by atoms with Crippen LogP contribution in [0.2, 0.25) is 0 Å². The molecule has 2 heterocycles. The standard InChI is InChI=1S/C12H11N7/c13-11-16-10(17-12(14)18-11)8-4-1-2-5-9(8)19-7-3-6-15-19/h1-7H,(H4,13,14,16,17,18). The minimum atomic E-state index is 0.0952. The van der Waals surface area contributed by atoms with E-state index in [9.17, 15) is 0 Å². The highest BCUT2D eigenvalue weighted by Crippen LogP contribution is 2.23. The Kier molecular flexibility index (Phi) is 2.57. The zero-order valence-electron chi connectivity index (χ0n) is 9.93. The summed E-state index contributed by atoms with van der Waals surface area (Å²) in [6.45, 7) is 0. The highest BCUT2D eigenvalue weighted by atomic mass is 15.3. The van der Waals surface area contributed by atoms with E-state index in [4.69, 9.17) is 11.5 Å². The second-order valence-corrected chi connectivity index (χ2v) is 3.84. The van der Waals surface area contributed by atoms with Gasteiger partial charge in [0.1, 0.15) is 0 Å². The zero-order chi connectivity index (χ0) is 13.2.